The van der Waals surface area contributed by atoms with Crippen molar-refractivity contribution in [2.75, 3.05) is 70.9 Å². The van der Waals surface area contributed by atoms with Crippen molar-refractivity contribution >= 4 is 88.3 Å². The van der Waals surface area contributed by atoms with Gasteiger partial charge in [0.2, 0.25) is 47.3 Å². The van der Waals surface area contributed by atoms with Crippen molar-refractivity contribution in [3.63, 3.8) is 0 Å². The van der Waals surface area contributed by atoms with Crippen molar-refractivity contribution in [1.82, 2.24) is 46.2 Å². The average Bonchev–Trinajstić information content (AvgIpc) is 1.79. The number of carbonyl (C=O) groups is 12. The van der Waals surface area contributed by atoms with Gasteiger partial charge in [-0.3, -0.25) is 63.1 Å². The molecule has 0 aromatic heterocycles. The maximum atomic E-state index is 14.6. The van der Waals surface area contributed by atoms with Gasteiger partial charge in [0, 0.05) is 83.0 Å². The number of urea groups is 1. The standard InChI is InChI=1S/C75H111N13O15/c1-15-48(8)66(86(12)73(98)64(46(4)5)84-72(97)65(47(6)7)85(10)11)58(101-13)43-62(92)87-41-23-27-57(87)67(102-14)49(9)68(93)82-56(42-50-24-18-16-19-25-50)70(95)79-53-33-35-54(36-34-53)80-75(100)103-44-51-29-31-52(32-30-51)78-69(94)55(26-22-39-77-74(76)99)81-71(96)63(45(2)3)83-59(89)28-20-17-21-40-88-60(90)37-38-61(88)91/h16,18-19,24-25,29-38,45-49,55-58,63-67H,15,17,20-23,26-28,39-44H2,1-14H3,(H,78,94)(H,79,95)(H,80,100)(H,81,96)(H,82,93)(H,83,89)(H,84,97)(H3,76,77,99)/t48-,49+,55+,56-,57-,58+,63+,64-,65-,66-,67+/m1/s1. The Balaban J connectivity index is 1.16. The summed E-state index contributed by atoms with van der Waals surface area (Å²) in [6.45, 7) is 17.5. The first-order valence-electron chi connectivity index (χ1n) is 35.7. The Kier molecular flexibility index (Phi) is 34.2. The highest BCUT2D eigenvalue weighted by Crippen LogP contribution is 2.31. The van der Waals surface area contributed by atoms with Crippen molar-refractivity contribution in [3.05, 3.63) is 102 Å². The summed E-state index contributed by atoms with van der Waals surface area (Å²) in [6.07, 6.45) is 4.03. The number of likely N-dealkylation sites (tertiary alicyclic amines) is 1. The van der Waals surface area contributed by atoms with E-state index in [0.717, 1.165) is 10.5 Å². The molecule has 11 atom stereocenters. The third kappa shape index (κ3) is 25.9. The quantitative estimate of drug-likeness (QED) is 0.0224. The average molecular weight is 1430 g/mol. The van der Waals surface area contributed by atoms with E-state index in [-0.39, 0.29) is 111 Å². The van der Waals surface area contributed by atoms with Gasteiger partial charge in [0.05, 0.1) is 42.7 Å². The molecule has 2 heterocycles. The van der Waals surface area contributed by atoms with E-state index >= 15 is 0 Å². The van der Waals surface area contributed by atoms with Gasteiger partial charge in [0.15, 0.2) is 0 Å². The number of nitrogens with two attached hydrogens (primary N) is 1. The number of amides is 13. The fourth-order valence-electron chi connectivity index (χ4n) is 13.1. The van der Waals surface area contributed by atoms with Gasteiger partial charge >= 0.3 is 12.1 Å². The van der Waals surface area contributed by atoms with Crippen molar-refractivity contribution in [2.45, 2.75) is 194 Å². The Bertz CT molecular complexity index is 3340. The molecule has 103 heavy (non-hydrogen) atoms. The largest absolute Gasteiger partial charge is 0.444 e. The van der Waals surface area contributed by atoms with Crippen LogP contribution in [0.2, 0.25) is 0 Å². The summed E-state index contributed by atoms with van der Waals surface area (Å²) >= 11 is 0. The van der Waals surface area contributed by atoms with Gasteiger partial charge in [0.25, 0.3) is 11.8 Å². The van der Waals surface area contributed by atoms with Crippen molar-refractivity contribution in [3.8, 4) is 0 Å². The zero-order chi connectivity index (χ0) is 76.2. The number of rotatable bonds is 41. The highest BCUT2D eigenvalue weighted by atomic mass is 16.5. The number of unbranched alkanes of at least 4 members (excludes halogenated alkanes) is 2. The van der Waals surface area contributed by atoms with E-state index in [1.54, 1.807) is 86.1 Å². The second-order valence-electron chi connectivity index (χ2n) is 27.9. The van der Waals surface area contributed by atoms with Crippen LogP contribution in [0.15, 0.2) is 91.0 Å². The summed E-state index contributed by atoms with van der Waals surface area (Å²) in [5.41, 5.74) is 7.64. The predicted molar refractivity (Wildman–Crippen MR) is 391 cm³/mol. The Morgan fingerprint density at radius 2 is 1.20 bits per heavy atom. The molecule has 566 valence electrons. The molecule has 10 N–H and O–H groups in total. The Labute approximate surface area is 606 Å². The van der Waals surface area contributed by atoms with Crippen LogP contribution >= 0.6 is 0 Å². The van der Waals surface area contributed by atoms with Gasteiger partial charge in [-0.1, -0.05) is 118 Å². The van der Waals surface area contributed by atoms with Crippen LogP contribution in [0.3, 0.4) is 0 Å². The molecule has 0 saturated carbocycles. The number of nitrogens with zero attached hydrogens (tertiary/aromatic N) is 4. The second kappa shape index (κ2) is 41.7. The minimum Gasteiger partial charge on any atom is -0.444 e. The van der Waals surface area contributed by atoms with Crippen molar-refractivity contribution < 1.29 is 71.7 Å². The molecule has 1 fully saturated rings. The Morgan fingerprint density at radius 1 is 0.621 bits per heavy atom. The molecule has 2 aliphatic rings. The van der Waals surface area contributed by atoms with Crippen LogP contribution in [0.25, 0.3) is 0 Å². The summed E-state index contributed by atoms with van der Waals surface area (Å²) in [4.78, 5) is 166. The second-order valence-corrected chi connectivity index (χ2v) is 27.9. The number of anilines is 3. The highest BCUT2D eigenvalue weighted by Gasteiger charge is 2.44. The van der Waals surface area contributed by atoms with Crippen LogP contribution in [0.5, 0.6) is 0 Å². The number of methoxy groups -OCH3 is 2. The van der Waals surface area contributed by atoms with E-state index in [2.05, 4.69) is 42.5 Å². The maximum Gasteiger partial charge on any atom is 0.411 e. The number of hydrogen-bond donors (Lipinski definition) is 9. The molecule has 0 unspecified atom stereocenters. The molecule has 0 radical (unpaired) electrons. The first-order valence-corrected chi connectivity index (χ1v) is 35.7. The van der Waals surface area contributed by atoms with Crippen molar-refractivity contribution in [1.29, 1.82) is 0 Å². The zero-order valence-corrected chi connectivity index (χ0v) is 62.3. The fourth-order valence-corrected chi connectivity index (χ4v) is 13.1. The number of likely N-dealkylation sites (N-methyl/N-ethyl adjacent to an activating group) is 2. The minimum atomic E-state index is -1.10. The topological polar surface area (TPSA) is 368 Å². The summed E-state index contributed by atoms with van der Waals surface area (Å²) in [5.74, 6) is -5.62. The first-order chi connectivity index (χ1) is 48.9. The normalized spacial score (nSPS) is 16.5. The molecule has 28 nitrogen and oxygen atoms in total. The lowest BCUT2D eigenvalue weighted by molar-refractivity contribution is -0.148. The molecule has 0 aliphatic carbocycles. The van der Waals surface area contributed by atoms with Gasteiger partial charge < -0.3 is 67.0 Å². The van der Waals surface area contributed by atoms with E-state index in [9.17, 15) is 57.5 Å². The Morgan fingerprint density at radius 3 is 1.76 bits per heavy atom. The van der Waals surface area contributed by atoms with Gasteiger partial charge in [-0.05, 0) is 124 Å². The molecule has 3 aromatic rings. The lowest BCUT2D eigenvalue weighted by Gasteiger charge is -2.41. The predicted octanol–water partition coefficient (Wildman–Crippen LogP) is 6.25. The van der Waals surface area contributed by atoms with Crippen molar-refractivity contribution in [2.24, 2.45) is 35.3 Å². The number of ether oxygens (including phenoxy) is 3. The first kappa shape index (κ1) is 84.4. The van der Waals surface area contributed by atoms with Gasteiger partial charge in [0.1, 0.15) is 30.8 Å². The molecule has 0 spiro atoms. The number of nitrogens with one attached hydrogen (secondary N) is 8. The van der Waals surface area contributed by atoms with Gasteiger partial charge in [-0.2, -0.15) is 0 Å². The number of hydrogen-bond acceptors (Lipinski definition) is 16. The molecular weight excluding hydrogens is 1320 g/mol. The zero-order valence-electron chi connectivity index (χ0n) is 62.3. The monoisotopic (exact) mass is 1430 g/mol. The summed E-state index contributed by atoms with van der Waals surface area (Å²) < 4.78 is 17.7. The fraction of sp³-hybridized carbons (Fsp3) is 0.573. The lowest BCUT2D eigenvalue weighted by atomic mass is 9.89. The molecular formula is C75H111N13O15. The summed E-state index contributed by atoms with van der Waals surface area (Å²) in [7, 11) is 8.39. The molecule has 3 aromatic carbocycles. The maximum absolute atomic E-state index is 14.6. The molecule has 13 amide bonds. The highest BCUT2D eigenvalue weighted by molar-refractivity contribution is 6.13. The summed E-state index contributed by atoms with van der Waals surface area (Å²) in [6, 6.07) is 15.7. The van der Waals surface area contributed by atoms with Crippen LogP contribution in [0, 0.1) is 29.6 Å². The van der Waals surface area contributed by atoms with Crippen LogP contribution < -0.4 is 48.3 Å². The van der Waals surface area contributed by atoms with E-state index in [4.69, 9.17) is 19.9 Å². The molecule has 2 aliphatic heterocycles. The van der Waals surface area contributed by atoms with E-state index in [1.807, 2.05) is 90.9 Å². The Hall–Kier alpha value is -9.28. The van der Waals surface area contributed by atoms with E-state index in [0.29, 0.717) is 67.7 Å². The lowest BCUT2D eigenvalue weighted by Crippen LogP contribution is -2.59. The molecule has 5 rings (SSSR count). The SMILES string of the molecule is CC[C@@H](C)[C@H]([C@H](CC(=O)N1CCC[C@@H]1[C@@H](OC)[C@H](C)C(=O)N[C@H](Cc1ccccc1)C(=O)Nc1ccc(NC(=O)OCc2ccc(NC(=O)[C@H](CCCNC(N)=O)NC(=O)[C@@H](NC(=O)CCCCCN3C(=O)C=CC3=O)C(C)C)cc2)cc1)OC)N(C)C(=O)[C@H](NC(=O)[C@@H](C(C)C)N(C)C)C(C)C. The third-order valence-corrected chi connectivity index (χ3v) is 18.9. The van der Waals surface area contributed by atoms with Crippen LogP contribution in [0.4, 0.5) is 26.7 Å². The van der Waals surface area contributed by atoms with Gasteiger partial charge in [-0.25, -0.2) is 9.59 Å². The number of benzene rings is 3. The summed E-state index contributed by atoms with van der Waals surface area (Å²) in [5, 5.41) is 22.3. The minimum absolute atomic E-state index is 0.00852. The number of carbonyl (C=O) groups excluding carboxylic acids is 12. The van der Waals surface area contributed by atoms with Gasteiger partial charge in [-0.15, -0.1) is 0 Å². The number of primary amides is 1. The van der Waals surface area contributed by atoms with Crippen LogP contribution in [-0.4, -0.2) is 200 Å². The molecule has 28 heteroatoms. The van der Waals surface area contributed by atoms with E-state index in [1.165, 1.54) is 26.4 Å². The van der Waals surface area contributed by atoms with Crippen LogP contribution in [-0.2, 0) is 75.2 Å². The molecule has 1 saturated heterocycles. The smallest absolute Gasteiger partial charge is 0.411 e. The number of imide groups is 1. The van der Waals surface area contributed by atoms with Crippen LogP contribution in [0.1, 0.15) is 138 Å². The molecule has 0 bridgehead atoms. The van der Waals surface area contributed by atoms with E-state index < -0.39 is 96.2 Å². The third-order valence-electron chi connectivity index (χ3n) is 18.9.